The van der Waals surface area contributed by atoms with Crippen molar-refractivity contribution in [1.82, 2.24) is 9.21 Å². The Bertz CT molecular complexity index is 622. The third-order valence-corrected chi connectivity index (χ3v) is 4.60. The third-order valence-electron chi connectivity index (χ3n) is 3.30. The van der Waals surface area contributed by atoms with E-state index >= 15 is 0 Å². The maximum absolute atomic E-state index is 12.3. The van der Waals surface area contributed by atoms with Gasteiger partial charge in [-0.3, -0.25) is 4.79 Å². The first-order valence-corrected chi connectivity index (χ1v) is 8.03. The van der Waals surface area contributed by atoms with Crippen molar-refractivity contribution in [3.63, 3.8) is 0 Å². The smallest absolute Gasteiger partial charge is 0.256 e. The minimum absolute atomic E-state index is 0.198. The molecule has 7 nitrogen and oxygen atoms in total. The normalized spacial score (nSPS) is 17.1. The lowest BCUT2D eigenvalue weighted by Crippen LogP contribution is -2.50. The zero-order valence-corrected chi connectivity index (χ0v) is 12.1. The van der Waals surface area contributed by atoms with Crippen LogP contribution in [0.4, 0.5) is 11.4 Å². The van der Waals surface area contributed by atoms with Crippen molar-refractivity contribution in [1.29, 1.82) is 0 Å². The number of sulfonamides is 1. The average molecular weight is 298 g/mol. The molecule has 2 rings (SSSR count). The van der Waals surface area contributed by atoms with Gasteiger partial charge in [0.05, 0.1) is 11.8 Å². The van der Waals surface area contributed by atoms with Gasteiger partial charge >= 0.3 is 0 Å². The van der Waals surface area contributed by atoms with E-state index in [0.29, 0.717) is 43.1 Å². The van der Waals surface area contributed by atoms with E-state index in [1.165, 1.54) is 10.6 Å². The third kappa shape index (κ3) is 3.02. The number of nitrogens with two attached hydrogens (primary N) is 2. The number of carbonyl (C=O) groups excluding carboxylic acids is 1. The molecule has 0 saturated carbocycles. The lowest BCUT2D eigenvalue weighted by Gasteiger charge is -2.33. The fraction of sp³-hybridized carbons (Fsp3) is 0.417. The molecule has 0 unspecified atom stereocenters. The maximum Gasteiger partial charge on any atom is 0.256 e. The van der Waals surface area contributed by atoms with E-state index in [4.69, 9.17) is 11.5 Å². The number of carbonyl (C=O) groups is 1. The summed E-state index contributed by atoms with van der Waals surface area (Å²) in [7, 11) is -3.20. The molecule has 8 heteroatoms. The second-order valence-electron chi connectivity index (χ2n) is 4.80. The number of amides is 1. The minimum Gasteiger partial charge on any atom is -0.399 e. The van der Waals surface area contributed by atoms with Crippen LogP contribution in [-0.2, 0) is 10.0 Å². The minimum atomic E-state index is -3.20. The van der Waals surface area contributed by atoms with Gasteiger partial charge in [-0.2, -0.15) is 4.31 Å². The van der Waals surface area contributed by atoms with Crippen LogP contribution in [0.15, 0.2) is 18.2 Å². The second kappa shape index (κ2) is 5.29. The highest BCUT2D eigenvalue weighted by atomic mass is 32.2. The molecule has 0 atom stereocenters. The number of piperazine rings is 1. The highest BCUT2D eigenvalue weighted by molar-refractivity contribution is 7.88. The van der Waals surface area contributed by atoms with Crippen LogP contribution >= 0.6 is 0 Å². The summed E-state index contributed by atoms with van der Waals surface area (Å²) in [5, 5.41) is 0. The molecule has 1 saturated heterocycles. The Morgan fingerprint density at radius 3 is 2.25 bits per heavy atom. The van der Waals surface area contributed by atoms with Crippen molar-refractivity contribution >= 4 is 27.3 Å². The molecule has 4 N–H and O–H groups in total. The summed E-state index contributed by atoms with van der Waals surface area (Å²) >= 11 is 0. The number of hydrogen-bond acceptors (Lipinski definition) is 5. The van der Waals surface area contributed by atoms with Gasteiger partial charge in [0.15, 0.2) is 0 Å². The van der Waals surface area contributed by atoms with E-state index in [2.05, 4.69) is 0 Å². The molecule has 110 valence electrons. The molecule has 1 heterocycles. The van der Waals surface area contributed by atoms with Crippen molar-refractivity contribution < 1.29 is 13.2 Å². The van der Waals surface area contributed by atoms with Crippen molar-refractivity contribution in [3.05, 3.63) is 23.8 Å². The quantitative estimate of drug-likeness (QED) is 0.720. The molecule has 1 aliphatic heterocycles. The first kappa shape index (κ1) is 14.6. The summed E-state index contributed by atoms with van der Waals surface area (Å²) in [6.45, 7) is 1.32. The summed E-state index contributed by atoms with van der Waals surface area (Å²) in [4.78, 5) is 13.9. The zero-order valence-electron chi connectivity index (χ0n) is 11.2. The zero-order chi connectivity index (χ0) is 14.9. The van der Waals surface area contributed by atoms with Crippen LogP contribution in [0.1, 0.15) is 10.4 Å². The van der Waals surface area contributed by atoms with Crippen LogP contribution in [0.25, 0.3) is 0 Å². The molecular formula is C12H18N4O3S. The van der Waals surface area contributed by atoms with Gasteiger partial charge in [0.2, 0.25) is 10.0 Å². The summed E-state index contributed by atoms with van der Waals surface area (Å²) in [6, 6.07) is 4.76. The molecule has 0 radical (unpaired) electrons. The van der Waals surface area contributed by atoms with Crippen LogP contribution < -0.4 is 11.5 Å². The molecular weight excluding hydrogens is 280 g/mol. The Hall–Kier alpha value is -1.80. The first-order chi connectivity index (χ1) is 9.29. The summed E-state index contributed by atoms with van der Waals surface area (Å²) in [5.74, 6) is -0.198. The molecule has 0 aliphatic carbocycles. The number of anilines is 2. The van der Waals surface area contributed by atoms with Crippen molar-refractivity contribution in [2.75, 3.05) is 43.9 Å². The standard InChI is InChI=1S/C12H18N4O3S/c1-20(18,19)16-6-4-15(5-7-16)12(17)10-3-2-9(13)8-11(10)14/h2-3,8H,4-7,13-14H2,1H3. The monoisotopic (exact) mass is 298 g/mol. The molecule has 1 fully saturated rings. The van der Waals surface area contributed by atoms with Crippen molar-refractivity contribution in [2.24, 2.45) is 0 Å². The second-order valence-corrected chi connectivity index (χ2v) is 6.78. The Balaban J connectivity index is 2.09. The molecule has 1 aromatic carbocycles. The van der Waals surface area contributed by atoms with E-state index in [-0.39, 0.29) is 5.91 Å². The summed E-state index contributed by atoms with van der Waals surface area (Å²) in [6.07, 6.45) is 1.17. The molecule has 20 heavy (non-hydrogen) atoms. The molecule has 0 bridgehead atoms. The lowest BCUT2D eigenvalue weighted by atomic mass is 10.1. The van der Waals surface area contributed by atoms with Crippen molar-refractivity contribution in [2.45, 2.75) is 0 Å². The molecule has 1 amide bonds. The largest absolute Gasteiger partial charge is 0.399 e. The van der Waals surface area contributed by atoms with Crippen LogP contribution in [0.3, 0.4) is 0 Å². The Morgan fingerprint density at radius 2 is 1.75 bits per heavy atom. The van der Waals surface area contributed by atoms with Crippen LogP contribution in [0, 0.1) is 0 Å². The van der Waals surface area contributed by atoms with E-state index < -0.39 is 10.0 Å². The van der Waals surface area contributed by atoms with Crippen molar-refractivity contribution in [3.8, 4) is 0 Å². The predicted molar refractivity (Wildman–Crippen MR) is 77.6 cm³/mol. The highest BCUT2D eigenvalue weighted by Crippen LogP contribution is 2.19. The van der Waals surface area contributed by atoms with E-state index in [0.717, 1.165) is 0 Å². The Labute approximate surface area is 118 Å². The number of benzene rings is 1. The maximum atomic E-state index is 12.3. The van der Waals surface area contributed by atoms with Gasteiger partial charge in [-0.15, -0.1) is 0 Å². The van der Waals surface area contributed by atoms with E-state index in [1.807, 2.05) is 0 Å². The van der Waals surface area contributed by atoms with Crippen LogP contribution in [0.2, 0.25) is 0 Å². The van der Waals surface area contributed by atoms with Gasteiger partial charge in [0.25, 0.3) is 5.91 Å². The molecule has 0 aromatic heterocycles. The highest BCUT2D eigenvalue weighted by Gasteiger charge is 2.27. The molecule has 1 aromatic rings. The average Bonchev–Trinajstić information content (AvgIpc) is 2.37. The number of nitrogens with zero attached hydrogens (tertiary/aromatic N) is 2. The topological polar surface area (TPSA) is 110 Å². The number of hydrogen-bond donors (Lipinski definition) is 2. The van der Waals surface area contributed by atoms with Gasteiger partial charge < -0.3 is 16.4 Å². The summed E-state index contributed by atoms with van der Waals surface area (Å²) < 4.78 is 24.2. The van der Waals surface area contributed by atoms with E-state index in [9.17, 15) is 13.2 Å². The van der Waals surface area contributed by atoms with Gasteiger partial charge in [0.1, 0.15) is 0 Å². The fourth-order valence-corrected chi connectivity index (χ4v) is 3.00. The lowest BCUT2D eigenvalue weighted by molar-refractivity contribution is 0.0699. The fourth-order valence-electron chi connectivity index (χ4n) is 2.17. The SMILES string of the molecule is CS(=O)(=O)N1CCN(C(=O)c2ccc(N)cc2N)CC1. The Morgan fingerprint density at radius 1 is 1.15 bits per heavy atom. The number of rotatable bonds is 2. The van der Waals surface area contributed by atoms with Crippen LogP contribution in [0.5, 0.6) is 0 Å². The van der Waals surface area contributed by atoms with Gasteiger partial charge in [-0.25, -0.2) is 8.42 Å². The predicted octanol–water partition coefficient (Wildman–Crippen LogP) is -0.432. The number of nitrogen functional groups attached to an aromatic ring is 2. The van der Waals surface area contributed by atoms with E-state index in [1.54, 1.807) is 23.1 Å². The molecule has 1 aliphatic rings. The van der Waals surface area contributed by atoms with Gasteiger partial charge in [-0.1, -0.05) is 0 Å². The Kier molecular flexibility index (Phi) is 3.87. The van der Waals surface area contributed by atoms with Gasteiger partial charge in [0, 0.05) is 37.6 Å². The molecule has 0 spiro atoms. The summed E-state index contributed by atoms with van der Waals surface area (Å²) in [5.41, 5.74) is 12.6. The van der Waals surface area contributed by atoms with Gasteiger partial charge in [-0.05, 0) is 18.2 Å². The first-order valence-electron chi connectivity index (χ1n) is 6.18. The van der Waals surface area contributed by atoms with Crippen LogP contribution in [-0.4, -0.2) is 56.0 Å².